The Morgan fingerprint density at radius 3 is 2.45 bits per heavy atom. The van der Waals surface area contributed by atoms with Gasteiger partial charge in [-0.05, 0) is 30.2 Å². The van der Waals surface area contributed by atoms with Crippen LogP contribution in [0.5, 0.6) is 11.5 Å². The van der Waals surface area contributed by atoms with Crippen LogP contribution in [0.1, 0.15) is 61.5 Å². The molecule has 1 atom stereocenters. The van der Waals surface area contributed by atoms with Gasteiger partial charge in [0.15, 0.2) is 0 Å². The second kappa shape index (κ2) is 10.8. The smallest absolute Gasteiger partial charge is 0.255 e. The highest BCUT2D eigenvalue weighted by Crippen LogP contribution is 2.28. The van der Waals surface area contributed by atoms with Crippen LogP contribution in [-0.2, 0) is 4.79 Å². The molecular formula is C25H32N2O4. The Hall–Kier alpha value is -3.02. The van der Waals surface area contributed by atoms with Crippen molar-refractivity contribution in [2.24, 2.45) is 0 Å². The SMILES string of the molecule is CCC[C@@H](NC(=O)c1cc(OC)ccc1OC1CCN(C(C)=O)CC1)c1ccccc1. The Balaban J connectivity index is 1.77. The molecule has 0 radical (unpaired) electrons. The molecule has 1 heterocycles. The number of likely N-dealkylation sites (tertiary alicyclic amines) is 1. The van der Waals surface area contributed by atoms with Crippen LogP contribution < -0.4 is 14.8 Å². The molecule has 2 aromatic rings. The number of ether oxygens (including phenoxy) is 2. The molecule has 0 bridgehead atoms. The Morgan fingerprint density at radius 2 is 1.84 bits per heavy atom. The molecule has 0 aliphatic carbocycles. The zero-order chi connectivity index (χ0) is 22.2. The van der Waals surface area contributed by atoms with Gasteiger partial charge in [-0.1, -0.05) is 43.7 Å². The van der Waals surface area contributed by atoms with Gasteiger partial charge >= 0.3 is 0 Å². The molecule has 2 amide bonds. The topological polar surface area (TPSA) is 67.9 Å². The van der Waals surface area contributed by atoms with Crippen LogP contribution in [0.4, 0.5) is 0 Å². The lowest BCUT2D eigenvalue weighted by atomic mass is 10.0. The van der Waals surface area contributed by atoms with Crippen LogP contribution in [-0.4, -0.2) is 43.0 Å². The van der Waals surface area contributed by atoms with E-state index in [2.05, 4.69) is 12.2 Å². The fourth-order valence-electron chi connectivity index (χ4n) is 3.92. The Morgan fingerprint density at radius 1 is 1.13 bits per heavy atom. The number of amides is 2. The first-order valence-electron chi connectivity index (χ1n) is 11.0. The van der Waals surface area contributed by atoms with Gasteiger partial charge in [0.25, 0.3) is 5.91 Å². The van der Waals surface area contributed by atoms with Gasteiger partial charge < -0.3 is 19.7 Å². The average Bonchev–Trinajstić information content (AvgIpc) is 2.80. The molecule has 1 aliphatic rings. The van der Waals surface area contributed by atoms with Gasteiger partial charge in [0.05, 0.1) is 18.7 Å². The molecular weight excluding hydrogens is 392 g/mol. The third-order valence-electron chi connectivity index (χ3n) is 5.70. The van der Waals surface area contributed by atoms with Crippen molar-refractivity contribution in [3.8, 4) is 11.5 Å². The summed E-state index contributed by atoms with van der Waals surface area (Å²) >= 11 is 0. The van der Waals surface area contributed by atoms with E-state index in [1.165, 1.54) is 0 Å². The summed E-state index contributed by atoms with van der Waals surface area (Å²) in [4.78, 5) is 26.7. The van der Waals surface area contributed by atoms with Crippen molar-refractivity contribution < 1.29 is 19.1 Å². The summed E-state index contributed by atoms with van der Waals surface area (Å²) in [6.45, 7) is 5.04. The molecule has 166 valence electrons. The van der Waals surface area contributed by atoms with Crippen molar-refractivity contribution in [1.82, 2.24) is 10.2 Å². The fourth-order valence-corrected chi connectivity index (χ4v) is 3.92. The molecule has 2 aromatic carbocycles. The van der Waals surface area contributed by atoms with Gasteiger partial charge in [-0.2, -0.15) is 0 Å². The van der Waals surface area contributed by atoms with Gasteiger partial charge in [0.1, 0.15) is 17.6 Å². The molecule has 1 N–H and O–H groups in total. The van der Waals surface area contributed by atoms with E-state index in [1.807, 2.05) is 35.2 Å². The van der Waals surface area contributed by atoms with E-state index in [1.54, 1.807) is 32.2 Å². The lowest BCUT2D eigenvalue weighted by Gasteiger charge is -2.32. The Bertz CT molecular complexity index is 876. The summed E-state index contributed by atoms with van der Waals surface area (Å²) in [5.74, 6) is 1.06. The maximum absolute atomic E-state index is 13.3. The van der Waals surface area contributed by atoms with Crippen molar-refractivity contribution in [3.05, 3.63) is 59.7 Å². The molecule has 1 aliphatic heterocycles. The molecule has 0 spiro atoms. The summed E-state index contributed by atoms with van der Waals surface area (Å²) in [5, 5.41) is 3.17. The maximum atomic E-state index is 13.3. The van der Waals surface area contributed by atoms with Crippen molar-refractivity contribution >= 4 is 11.8 Å². The van der Waals surface area contributed by atoms with Gasteiger partial charge in [-0.25, -0.2) is 0 Å². The van der Waals surface area contributed by atoms with Crippen molar-refractivity contribution in [2.45, 2.75) is 51.7 Å². The first-order chi connectivity index (χ1) is 15.0. The van der Waals surface area contributed by atoms with Crippen LogP contribution in [0.2, 0.25) is 0 Å². The van der Waals surface area contributed by atoms with E-state index in [0.29, 0.717) is 30.2 Å². The zero-order valence-corrected chi connectivity index (χ0v) is 18.6. The highest BCUT2D eigenvalue weighted by molar-refractivity contribution is 5.97. The number of rotatable bonds is 8. The molecule has 1 fully saturated rings. The summed E-state index contributed by atoms with van der Waals surface area (Å²) in [6, 6.07) is 15.3. The molecule has 31 heavy (non-hydrogen) atoms. The predicted molar refractivity (Wildman–Crippen MR) is 120 cm³/mol. The van der Waals surface area contributed by atoms with Gasteiger partial charge in [0, 0.05) is 32.9 Å². The van der Waals surface area contributed by atoms with E-state index < -0.39 is 0 Å². The van der Waals surface area contributed by atoms with E-state index in [0.717, 1.165) is 31.2 Å². The van der Waals surface area contributed by atoms with Crippen LogP contribution in [0, 0.1) is 0 Å². The lowest BCUT2D eigenvalue weighted by Crippen LogP contribution is -2.40. The molecule has 0 unspecified atom stereocenters. The number of methoxy groups -OCH3 is 1. The third-order valence-corrected chi connectivity index (χ3v) is 5.70. The van der Waals surface area contributed by atoms with Crippen LogP contribution in [0.25, 0.3) is 0 Å². The highest BCUT2D eigenvalue weighted by atomic mass is 16.5. The minimum Gasteiger partial charge on any atom is -0.497 e. The van der Waals surface area contributed by atoms with E-state index in [4.69, 9.17) is 9.47 Å². The summed E-state index contributed by atoms with van der Waals surface area (Å²) in [5.41, 5.74) is 1.55. The monoisotopic (exact) mass is 424 g/mol. The van der Waals surface area contributed by atoms with Crippen LogP contribution >= 0.6 is 0 Å². The largest absolute Gasteiger partial charge is 0.497 e. The normalized spacial score (nSPS) is 15.3. The number of nitrogens with zero attached hydrogens (tertiary/aromatic N) is 1. The quantitative estimate of drug-likeness (QED) is 0.684. The second-order valence-electron chi connectivity index (χ2n) is 7.91. The molecule has 3 rings (SSSR count). The highest BCUT2D eigenvalue weighted by Gasteiger charge is 2.25. The third kappa shape index (κ3) is 6.00. The maximum Gasteiger partial charge on any atom is 0.255 e. The van der Waals surface area contributed by atoms with Gasteiger partial charge in [-0.3, -0.25) is 9.59 Å². The summed E-state index contributed by atoms with van der Waals surface area (Å²) < 4.78 is 11.6. The number of piperidine rings is 1. The summed E-state index contributed by atoms with van der Waals surface area (Å²) in [7, 11) is 1.58. The zero-order valence-electron chi connectivity index (χ0n) is 18.6. The number of hydrogen-bond acceptors (Lipinski definition) is 4. The molecule has 6 nitrogen and oxygen atoms in total. The van der Waals surface area contributed by atoms with Gasteiger partial charge in [0.2, 0.25) is 5.91 Å². The average molecular weight is 425 g/mol. The van der Waals surface area contributed by atoms with E-state index in [-0.39, 0.29) is 24.0 Å². The Labute approximate surface area is 184 Å². The van der Waals surface area contributed by atoms with Crippen molar-refractivity contribution in [1.29, 1.82) is 0 Å². The standard InChI is InChI=1S/C25H32N2O4/c1-4-8-23(19-9-6-5-7-10-19)26-25(29)22-17-21(30-3)11-12-24(22)31-20-13-15-27(16-14-20)18(2)28/h5-7,9-12,17,20,23H,4,8,13-16H2,1-3H3,(H,26,29)/t23-/m1/s1. The number of carbonyl (C=O) groups excluding carboxylic acids is 2. The fraction of sp³-hybridized carbons (Fsp3) is 0.440. The number of benzene rings is 2. The molecule has 1 saturated heterocycles. The number of hydrogen-bond donors (Lipinski definition) is 1. The minimum absolute atomic E-state index is 0.0314. The minimum atomic E-state index is -0.183. The Kier molecular flexibility index (Phi) is 7.93. The number of nitrogens with one attached hydrogen (secondary N) is 1. The first kappa shape index (κ1) is 22.7. The molecule has 6 heteroatoms. The molecule has 0 saturated carbocycles. The first-order valence-corrected chi connectivity index (χ1v) is 11.0. The predicted octanol–water partition coefficient (Wildman–Crippen LogP) is 4.36. The van der Waals surface area contributed by atoms with Gasteiger partial charge in [-0.15, -0.1) is 0 Å². The van der Waals surface area contributed by atoms with Crippen LogP contribution in [0.3, 0.4) is 0 Å². The lowest BCUT2D eigenvalue weighted by molar-refractivity contribution is -0.130. The van der Waals surface area contributed by atoms with E-state index >= 15 is 0 Å². The number of carbonyl (C=O) groups is 2. The van der Waals surface area contributed by atoms with Crippen molar-refractivity contribution in [2.75, 3.05) is 20.2 Å². The van der Waals surface area contributed by atoms with Crippen LogP contribution in [0.15, 0.2) is 48.5 Å². The summed E-state index contributed by atoms with van der Waals surface area (Å²) in [6.07, 6.45) is 3.26. The van der Waals surface area contributed by atoms with E-state index in [9.17, 15) is 9.59 Å². The second-order valence-corrected chi connectivity index (χ2v) is 7.91. The van der Waals surface area contributed by atoms with Crippen molar-refractivity contribution in [3.63, 3.8) is 0 Å². The molecule has 0 aromatic heterocycles.